The molecule has 6 nitrogen and oxygen atoms in total. The van der Waals surface area contributed by atoms with Gasteiger partial charge in [0.2, 0.25) is 0 Å². The van der Waals surface area contributed by atoms with E-state index in [1.807, 2.05) is 12.1 Å². The molecule has 0 saturated heterocycles. The van der Waals surface area contributed by atoms with Crippen LogP contribution in [0.5, 0.6) is 5.75 Å². The van der Waals surface area contributed by atoms with Gasteiger partial charge in [0.15, 0.2) is 6.61 Å². The Kier molecular flexibility index (Phi) is 5.02. The van der Waals surface area contributed by atoms with Crippen LogP contribution in [0, 0.1) is 0 Å². The number of hydrogen-bond acceptors (Lipinski definition) is 5. The molecule has 0 saturated carbocycles. The van der Waals surface area contributed by atoms with Crippen molar-refractivity contribution in [3.8, 4) is 5.75 Å². The van der Waals surface area contributed by atoms with Crippen LogP contribution in [0.2, 0.25) is 0 Å². The fraction of sp³-hybridized carbons (Fsp3) is 0.214. The van der Waals surface area contributed by atoms with Gasteiger partial charge in [-0.05, 0) is 29.8 Å². The smallest absolute Gasteiger partial charge is 0.258 e. The highest BCUT2D eigenvalue weighted by Gasteiger charge is 2.03. The number of carbonyl (C=O) groups excluding carboxylic acids is 1. The molecular weight excluding hydrogens is 256 g/mol. The Morgan fingerprint density at radius 3 is 2.70 bits per heavy atom. The predicted molar refractivity (Wildman–Crippen MR) is 73.7 cm³/mol. The third-order valence-electron chi connectivity index (χ3n) is 2.62. The van der Waals surface area contributed by atoms with Gasteiger partial charge in [0.05, 0.1) is 12.2 Å². The number of rotatable bonds is 6. The lowest BCUT2D eigenvalue weighted by Gasteiger charge is -2.07. The third kappa shape index (κ3) is 4.33. The molecule has 2 aromatic rings. The fourth-order valence-corrected chi connectivity index (χ4v) is 1.54. The second-order valence-electron chi connectivity index (χ2n) is 4.13. The highest BCUT2D eigenvalue weighted by atomic mass is 16.5. The molecule has 0 spiro atoms. The molecule has 0 aliphatic rings. The van der Waals surface area contributed by atoms with Crippen molar-refractivity contribution in [2.24, 2.45) is 5.73 Å². The Balaban J connectivity index is 1.74. The van der Waals surface area contributed by atoms with E-state index in [4.69, 9.17) is 10.5 Å². The van der Waals surface area contributed by atoms with Crippen molar-refractivity contribution in [3.63, 3.8) is 0 Å². The molecule has 1 aromatic heterocycles. The number of ether oxygens (including phenoxy) is 1. The van der Waals surface area contributed by atoms with E-state index < -0.39 is 0 Å². The average Bonchev–Trinajstić information content (AvgIpc) is 2.52. The summed E-state index contributed by atoms with van der Waals surface area (Å²) in [5.74, 6) is 0.426. The number of amides is 1. The average molecular weight is 272 g/mol. The summed E-state index contributed by atoms with van der Waals surface area (Å²) in [7, 11) is 0. The Hall–Kier alpha value is -2.47. The first kappa shape index (κ1) is 14.0. The Morgan fingerprint density at radius 1 is 1.25 bits per heavy atom. The highest BCUT2D eigenvalue weighted by molar-refractivity contribution is 5.77. The minimum atomic E-state index is -0.210. The van der Waals surface area contributed by atoms with Gasteiger partial charge >= 0.3 is 0 Å². The number of nitrogens with zero attached hydrogens (tertiary/aromatic N) is 2. The molecule has 0 bridgehead atoms. The summed E-state index contributed by atoms with van der Waals surface area (Å²) in [6.07, 6.45) is 1.58. The van der Waals surface area contributed by atoms with Crippen molar-refractivity contribution in [2.75, 3.05) is 6.61 Å². The van der Waals surface area contributed by atoms with Crippen LogP contribution in [-0.2, 0) is 17.9 Å². The molecule has 0 aliphatic heterocycles. The van der Waals surface area contributed by atoms with Gasteiger partial charge in [-0.3, -0.25) is 4.79 Å². The van der Waals surface area contributed by atoms with Crippen LogP contribution in [0.3, 0.4) is 0 Å². The molecule has 0 atom stereocenters. The van der Waals surface area contributed by atoms with Crippen molar-refractivity contribution in [2.45, 2.75) is 13.1 Å². The quantitative estimate of drug-likeness (QED) is 0.805. The summed E-state index contributed by atoms with van der Waals surface area (Å²) < 4.78 is 5.37. The first-order valence-electron chi connectivity index (χ1n) is 6.23. The van der Waals surface area contributed by atoms with E-state index in [1.54, 1.807) is 30.5 Å². The summed E-state index contributed by atoms with van der Waals surface area (Å²) in [6.45, 7) is 0.781. The zero-order valence-electron chi connectivity index (χ0n) is 11.0. The monoisotopic (exact) mass is 272 g/mol. The maximum atomic E-state index is 11.6. The normalized spacial score (nSPS) is 10.1. The maximum Gasteiger partial charge on any atom is 0.258 e. The number of nitrogens with one attached hydrogen (secondary N) is 1. The van der Waals surface area contributed by atoms with Gasteiger partial charge < -0.3 is 15.8 Å². The largest absolute Gasteiger partial charge is 0.484 e. The van der Waals surface area contributed by atoms with Gasteiger partial charge in [0.25, 0.3) is 5.91 Å². The van der Waals surface area contributed by atoms with E-state index in [0.717, 1.165) is 5.56 Å². The lowest BCUT2D eigenvalue weighted by molar-refractivity contribution is -0.123. The number of benzene rings is 1. The topological polar surface area (TPSA) is 90.1 Å². The summed E-state index contributed by atoms with van der Waals surface area (Å²) in [4.78, 5) is 11.6. The summed E-state index contributed by atoms with van der Waals surface area (Å²) >= 11 is 0. The number of carbonyl (C=O) groups is 1. The molecule has 104 valence electrons. The van der Waals surface area contributed by atoms with E-state index in [0.29, 0.717) is 24.5 Å². The zero-order valence-corrected chi connectivity index (χ0v) is 11.0. The predicted octanol–water partition coefficient (Wildman–Crippen LogP) is 0.630. The molecule has 1 aromatic carbocycles. The van der Waals surface area contributed by atoms with E-state index in [-0.39, 0.29) is 12.5 Å². The summed E-state index contributed by atoms with van der Waals surface area (Å²) in [6, 6.07) is 10.9. The summed E-state index contributed by atoms with van der Waals surface area (Å²) in [5.41, 5.74) is 7.22. The van der Waals surface area contributed by atoms with Crippen molar-refractivity contribution >= 4 is 5.91 Å². The van der Waals surface area contributed by atoms with Gasteiger partial charge in [-0.1, -0.05) is 12.1 Å². The van der Waals surface area contributed by atoms with Gasteiger partial charge in [-0.25, -0.2) is 0 Å². The lowest BCUT2D eigenvalue weighted by atomic mass is 10.2. The van der Waals surface area contributed by atoms with E-state index in [2.05, 4.69) is 15.5 Å². The van der Waals surface area contributed by atoms with Gasteiger partial charge in [0, 0.05) is 12.7 Å². The molecule has 6 heteroatoms. The van der Waals surface area contributed by atoms with Crippen LogP contribution in [0.15, 0.2) is 42.6 Å². The minimum Gasteiger partial charge on any atom is -0.484 e. The molecule has 2 rings (SSSR count). The zero-order chi connectivity index (χ0) is 14.2. The SMILES string of the molecule is NCc1ccc(OCC(=O)NCc2cccnn2)cc1. The van der Waals surface area contributed by atoms with Crippen LogP contribution < -0.4 is 15.8 Å². The lowest BCUT2D eigenvalue weighted by Crippen LogP contribution is -2.28. The van der Waals surface area contributed by atoms with Crippen LogP contribution >= 0.6 is 0 Å². The van der Waals surface area contributed by atoms with Crippen LogP contribution in [0.25, 0.3) is 0 Å². The number of nitrogens with two attached hydrogens (primary N) is 1. The van der Waals surface area contributed by atoms with Crippen molar-refractivity contribution < 1.29 is 9.53 Å². The van der Waals surface area contributed by atoms with E-state index in [1.165, 1.54) is 0 Å². The van der Waals surface area contributed by atoms with E-state index >= 15 is 0 Å². The van der Waals surface area contributed by atoms with Gasteiger partial charge in [-0.2, -0.15) is 10.2 Å². The molecule has 1 heterocycles. The molecule has 3 N–H and O–H groups in total. The van der Waals surface area contributed by atoms with Crippen LogP contribution in [0.4, 0.5) is 0 Å². The Labute approximate surface area is 117 Å². The Bertz CT molecular complexity index is 543. The second-order valence-corrected chi connectivity index (χ2v) is 4.13. The molecule has 0 aliphatic carbocycles. The van der Waals surface area contributed by atoms with Crippen LogP contribution in [-0.4, -0.2) is 22.7 Å². The molecule has 0 radical (unpaired) electrons. The Morgan fingerprint density at radius 2 is 2.05 bits per heavy atom. The second kappa shape index (κ2) is 7.20. The fourth-order valence-electron chi connectivity index (χ4n) is 1.54. The van der Waals surface area contributed by atoms with Crippen molar-refractivity contribution in [1.82, 2.24) is 15.5 Å². The maximum absolute atomic E-state index is 11.6. The third-order valence-corrected chi connectivity index (χ3v) is 2.62. The van der Waals surface area contributed by atoms with Crippen molar-refractivity contribution in [3.05, 3.63) is 53.9 Å². The van der Waals surface area contributed by atoms with Gasteiger partial charge in [-0.15, -0.1) is 0 Å². The molecule has 20 heavy (non-hydrogen) atoms. The highest BCUT2D eigenvalue weighted by Crippen LogP contribution is 2.11. The van der Waals surface area contributed by atoms with E-state index in [9.17, 15) is 4.79 Å². The molecule has 1 amide bonds. The first-order chi connectivity index (χ1) is 9.78. The summed E-state index contributed by atoms with van der Waals surface area (Å²) in [5, 5.41) is 10.3. The molecular formula is C14H16N4O2. The first-order valence-corrected chi connectivity index (χ1v) is 6.23. The number of aromatic nitrogens is 2. The number of hydrogen-bond donors (Lipinski definition) is 2. The molecule has 0 fully saturated rings. The van der Waals surface area contributed by atoms with Crippen molar-refractivity contribution in [1.29, 1.82) is 0 Å². The van der Waals surface area contributed by atoms with Gasteiger partial charge in [0.1, 0.15) is 5.75 Å². The standard InChI is InChI=1S/C14H16N4O2/c15-8-11-3-5-13(6-4-11)20-10-14(19)16-9-12-2-1-7-17-18-12/h1-7H,8-10,15H2,(H,16,19). The minimum absolute atomic E-state index is 0.0395. The van der Waals surface area contributed by atoms with Crippen LogP contribution in [0.1, 0.15) is 11.3 Å². The molecule has 0 unspecified atom stereocenters.